The number of piperidine rings is 1. The van der Waals surface area contributed by atoms with Crippen molar-refractivity contribution in [3.8, 4) is 5.75 Å². The Morgan fingerprint density at radius 3 is 2.49 bits per heavy atom. The third kappa shape index (κ3) is 6.11. The lowest BCUT2D eigenvalue weighted by Crippen LogP contribution is -2.38. The van der Waals surface area contributed by atoms with E-state index in [2.05, 4.69) is 11.8 Å². The predicted molar refractivity (Wildman–Crippen MR) is 131 cm³/mol. The molecule has 0 aromatic heterocycles. The molecule has 0 amide bonds. The highest BCUT2D eigenvalue weighted by atomic mass is 19.4. The molecule has 0 spiro atoms. The molecule has 192 valence electrons. The number of carbonyl (C=O) groups is 1. The summed E-state index contributed by atoms with van der Waals surface area (Å²) in [5, 5.41) is 9.87. The van der Waals surface area contributed by atoms with E-state index in [0.717, 1.165) is 57.1 Å². The fraction of sp³-hybridized carbons (Fsp3) is 0.607. The summed E-state index contributed by atoms with van der Waals surface area (Å²) in [6, 6.07) is 8.39. The summed E-state index contributed by atoms with van der Waals surface area (Å²) in [4.78, 5) is 13.4. The number of nitrogens with zero attached hydrogens (tertiary/aromatic N) is 1. The van der Waals surface area contributed by atoms with Gasteiger partial charge in [-0.3, -0.25) is 9.69 Å². The Kier molecular flexibility index (Phi) is 7.94. The van der Waals surface area contributed by atoms with E-state index in [0.29, 0.717) is 17.8 Å². The molecule has 2 aromatic carbocycles. The fourth-order valence-electron chi connectivity index (χ4n) is 5.88. The summed E-state index contributed by atoms with van der Waals surface area (Å²) in [7, 11) is 0. The summed E-state index contributed by atoms with van der Waals surface area (Å²) in [5.41, 5.74) is 0.114. The molecule has 1 unspecified atom stereocenters. The van der Waals surface area contributed by atoms with Gasteiger partial charge in [0.15, 0.2) is 0 Å². The minimum Gasteiger partial charge on any atom is -0.490 e. The third-order valence-electron chi connectivity index (χ3n) is 8.00. The van der Waals surface area contributed by atoms with Crippen LogP contribution in [0.25, 0.3) is 10.8 Å². The Balaban J connectivity index is 1.62. The van der Waals surface area contributed by atoms with Crippen LogP contribution < -0.4 is 4.74 Å². The molecule has 2 aliphatic rings. The molecule has 2 atom stereocenters. The zero-order valence-corrected chi connectivity index (χ0v) is 20.6. The number of carboxylic acids is 1. The van der Waals surface area contributed by atoms with Crippen molar-refractivity contribution in [1.82, 2.24) is 4.90 Å². The molecule has 4 rings (SSSR count). The Labute approximate surface area is 205 Å². The molecular weight excluding hydrogens is 455 g/mol. The number of alkyl halides is 3. The smallest absolute Gasteiger partial charge is 0.420 e. The van der Waals surface area contributed by atoms with Crippen molar-refractivity contribution in [1.29, 1.82) is 0 Å². The van der Waals surface area contributed by atoms with Crippen molar-refractivity contribution >= 4 is 16.7 Å². The molecule has 1 heterocycles. The lowest BCUT2D eigenvalue weighted by Gasteiger charge is -2.36. The molecule has 2 aromatic rings. The number of likely N-dealkylation sites (tertiary alicyclic amines) is 1. The van der Waals surface area contributed by atoms with E-state index in [4.69, 9.17) is 9.84 Å². The third-order valence-corrected chi connectivity index (χ3v) is 8.00. The number of fused-ring (bicyclic) bond motifs is 1. The van der Waals surface area contributed by atoms with Crippen molar-refractivity contribution in [3.63, 3.8) is 0 Å². The van der Waals surface area contributed by atoms with Gasteiger partial charge in [0.1, 0.15) is 11.3 Å². The van der Waals surface area contributed by atoms with Crippen LogP contribution in [-0.4, -0.2) is 35.2 Å². The first-order valence-electron chi connectivity index (χ1n) is 12.9. The summed E-state index contributed by atoms with van der Waals surface area (Å²) < 4.78 is 49.1. The fourth-order valence-corrected chi connectivity index (χ4v) is 5.88. The van der Waals surface area contributed by atoms with Crippen LogP contribution >= 0.6 is 0 Å². The zero-order chi connectivity index (χ0) is 25.2. The van der Waals surface area contributed by atoms with Crippen molar-refractivity contribution in [3.05, 3.63) is 41.5 Å². The van der Waals surface area contributed by atoms with Gasteiger partial charge in [0.2, 0.25) is 0 Å². The van der Waals surface area contributed by atoms with E-state index < -0.39 is 17.7 Å². The largest absolute Gasteiger partial charge is 0.490 e. The zero-order valence-electron chi connectivity index (χ0n) is 20.6. The topological polar surface area (TPSA) is 49.8 Å². The average molecular weight is 492 g/mol. The average Bonchev–Trinajstić information content (AvgIpc) is 2.82. The Bertz CT molecular complexity index is 1030. The molecule has 2 fully saturated rings. The number of hydrogen-bond donors (Lipinski definition) is 1. The van der Waals surface area contributed by atoms with Gasteiger partial charge >= 0.3 is 12.1 Å². The van der Waals surface area contributed by atoms with Crippen LogP contribution in [0.5, 0.6) is 5.75 Å². The SMILES string of the molecule is CC[C@H]1CC[C@@H](Oc2ccc3ccc(C(C)N4CCC[C@H](CC(=O)O)C4)cc3c2C(F)(F)F)CC1. The van der Waals surface area contributed by atoms with Crippen LogP contribution in [0.3, 0.4) is 0 Å². The number of benzene rings is 2. The van der Waals surface area contributed by atoms with E-state index in [9.17, 15) is 18.0 Å². The Morgan fingerprint density at radius 2 is 1.83 bits per heavy atom. The molecule has 35 heavy (non-hydrogen) atoms. The quantitative estimate of drug-likeness (QED) is 0.437. The first kappa shape index (κ1) is 25.8. The molecule has 1 aliphatic heterocycles. The molecule has 7 heteroatoms. The normalized spacial score (nSPS) is 24.9. The molecule has 1 saturated heterocycles. The van der Waals surface area contributed by atoms with Gasteiger partial charge in [-0.05, 0) is 92.3 Å². The molecule has 4 nitrogen and oxygen atoms in total. The summed E-state index contributed by atoms with van der Waals surface area (Å²) in [5.74, 6) is -0.171. The van der Waals surface area contributed by atoms with Gasteiger partial charge in [-0.1, -0.05) is 31.5 Å². The second-order valence-electron chi connectivity index (χ2n) is 10.4. The Hall–Kier alpha value is -2.28. The number of aliphatic carboxylic acids is 1. The predicted octanol–water partition coefficient (Wildman–Crippen LogP) is 7.45. The second kappa shape index (κ2) is 10.8. The first-order valence-corrected chi connectivity index (χ1v) is 12.9. The van der Waals surface area contributed by atoms with Crippen LogP contribution in [0.1, 0.15) is 82.4 Å². The molecule has 1 saturated carbocycles. The molecule has 0 bridgehead atoms. The number of rotatable bonds is 7. The van der Waals surface area contributed by atoms with E-state index in [1.54, 1.807) is 18.2 Å². The second-order valence-corrected chi connectivity index (χ2v) is 10.4. The van der Waals surface area contributed by atoms with E-state index in [1.165, 1.54) is 6.07 Å². The van der Waals surface area contributed by atoms with E-state index in [-0.39, 0.29) is 35.6 Å². The van der Waals surface area contributed by atoms with Gasteiger partial charge in [0, 0.05) is 19.0 Å². The maximum absolute atomic E-state index is 14.4. The van der Waals surface area contributed by atoms with Gasteiger partial charge in [-0.15, -0.1) is 0 Å². The minimum absolute atomic E-state index is 0.0673. The van der Waals surface area contributed by atoms with Crippen molar-refractivity contribution in [2.24, 2.45) is 11.8 Å². The van der Waals surface area contributed by atoms with Crippen molar-refractivity contribution in [2.45, 2.75) is 83.5 Å². The molecule has 1 N–H and O–H groups in total. The summed E-state index contributed by atoms with van der Waals surface area (Å²) in [6.07, 6.45) is 1.84. The van der Waals surface area contributed by atoms with Crippen LogP contribution in [0, 0.1) is 11.8 Å². The highest BCUT2D eigenvalue weighted by Gasteiger charge is 2.38. The van der Waals surface area contributed by atoms with Gasteiger partial charge < -0.3 is 9.84 Å². The van der Waals surface area contributed by atoms with Crippen molar-refractivity contribution in [2.75, 3.05) is 13.1 Å². The molecule has 0 radical (unpaired) electrons. The summed E-state index contributed by atoms with van der Waals surface area (Å²) in [6.45, 7) is 5.60. The molecule has 1 aliphatic carbocycles. The maximum Gasteiger partial charge on any atom is 0.420 e. The highest BCUT2D eigenvalue weighted by molar-refractivity contribution is 5.89. The minimum atomic E-state index is -4.53. The highest BCUT2D eigenvalue weighted by Crippen LogP contribution is 2.43. The van der Waals surface area contributed by atoms with Crippen LogP contribution in [0.15, 0.2) is 30.3 Å². The summed E-state index contributed by atoms with van der Waals surface area (Å²) >= 11 is 0. The number of ether oxygens (including phenoxy) is 1. The number of carboxylic acid groups (broad SMARTS) is 1. The number of halogens is 3. The van der Waals surface area contributed by atoms with Gasteiger partial charge in [-0.25, -0.2) is 0 Å². The van der Waals surface area contributed by atoms with Crippen molar-refractivity contribution < 1.29 is 27.8 Å². The standard InChI is InChI=1S/C28H36F3NO3/c1-3-19-6-11-23(12-7-19)35-25-13-10-21-8-9-22(16-24(21)27(25)28(29,30)31)18(2)32-14-4-5-20(17-32)15-26(33)34/h8-10,13,16,18-20,23H,3-7,11-12,14-15,17H2,1-2H3,(H,33,34)/t18?,19-,20-,23+/m1/s1. The van der Waals surface area contributed by atoms with E-state index >= 15 is 0 Å². The van der Waals surface area contributed by atoms with Gasteiger partial charge in [0.25, 0.3) is 0 Å². The lowest BCUT2D eigenvalue weighted by molar-refractivity contribution is -0.139. The number of hydrogen-bond acceptors (Lipinski definition) is 3. The Morgan fingerprint density at radius 1 is 1.11 bits per heavy atom. The van der Waals surface area contributed by atoms with Crippen LogP contribution in [0.4, 0.5) is 13.2 Å². The van der Waals surface area contributed by atoms with Crippen LogP contribution in [-0.2, 0) is 11.0 Å². The maximum atomic E-state index is 14.4. The van der Waals surface area contributed by atoms with Crippen LogP contribution in [0.2, 0.25) is 0 Å². The van der Waals surface area contributed by atoms with E-state index in [1.807, 2.05) is 13.0 Å². The first-order chi connectivity index (χ1) is 16.7. The lowest BCUT2D eigenvalue weighted by atomic mass is 9.86. The van der Waals surface area contributed by atoms with Gasteiger partial charge in [0.05, 0.1) is 6.10 Å². The molecular formula is C28H36F3NO3. The van der Waals surface area contributed by atoms with Gasteiger partial charge in [-0.2, -0.15) is 13.2 Å². The monoisotopic (exact) mass is 491 g/mol.